The lowest BCUT2D eigenvalue weighted by atomic mass is 10.0. The molecule has 1 fully saturated rings. The van der Waals surface area contributed by atoms with Crippen LogP contribution in [0.15, 0.2) is 18.2 Å². The van der Waals surface area contributed by atoms with Gasteiger partial charge in [-0.15, -0.1) is 0 Å². The second kappa shape index (κ2) is 5.99. The van der Waals surface area contributed by atoms with Gasteiger partial charge in [-0.3, -0.25) is 5.32 Å². The van der Waals surface area contributed by atoms with Gasteiger partial charge in [0, 0.05) is 5.69 Å². The molecule has 1 aromatic rings. The van der Waals surface area contributed by atoms with E-state index < -0.39 is 6.09 Å². The summed E-state index contributed by atoms with van der Waals surface area (Å²) in [6.07, 6.45) is 3.44. The fourth-order valence-electron chi connectivity index (χ4n) is 2.16. The second-order valence-electron chi connectivity index (χ2n) is 4.90. The summed E-state index contributed by atoms with van der Waals surface area (Å²) in [5.74, 6) is 0. The lowest BCUT2D eigenvalue weighted by Crippen LogP contribution is -2.42. The van der Waals surface area contributed by atoms with Gasteiger partial charge in [-0.05, 0) is 31.0 Å². The minimum absolute atomic E-state index is 0.236. The molecule has 0 spiro atoms. The molecule has 2 rings (SSSR count). The fraction of sp³-hybridized carbons (Fsp3) is 0.462. The van der Waals surface area contributed by atoms with Crippen molar-refractivity contribution >= 4 is 35.0 Å². The van der Waals surface area contributed by atoms with Crippen LogP contribution >= 0.6 is 23.2 Å². The van der Waals surface area contributed by atoms with Crippen LogP contribution < -0.4 is 11.1 Å². The Morgan fingerprint density at radius 3 is 2.63 bits per heavy atom. The van der Waals surface area contributed by atoms with Crippen molar-refractivity contribution in [2.24, 2.45) is 5.73 Å². The molecule has 104 valence electrons. The van der Waals surface area contributed by atoms with Crippen molar-refractivity contribution in [2.75, 3.05) is 11.9 Å². The summed E-state index contributed by atoms with van der Waals surface area (Å²) in [4.78, 5) is 11.6. The Morgan fingerprint density at radius 2 is 2.00 bits per heavy atom. The number of benzene rings is 1. The molecule has 0 heterocycles. The van der Waals surface area contributed by atoms with Crippen LogP contribution in [0.4, 0.5) is 10.5 Å². The summed E-state index contributed by atoms with van der Waals surface area (Å²) >= 11 is 11.6. The molecule has 1 aromatic carbocycles. The van der Waals surface area contributed by atoms with Crippen molar-refractivity contribution in [3.63, 3.8) is 0 Å². The average molecular weight is 303 g/mol. The number of rotatable bonds is 3. The lowest BCUT2D eigenvalue weighted by molar-refractivity contribution is 0.130. The molecule has 0 aliphatic heterocycles. The summed E-state index contributed by atoms with van der Waals surface area (Å²) in [7, 11) is 0. The SMILES string of the molecule is NC1(COC(=O)Nc2ccc(Cl)c(Cl)c2)CCCC1. The van der Waals surface area contributed by atoms with Gasteiger partial charge in [-0.2, -0.15) is 0 Å². The highest BCUT2D eigenvalue weighted by molar-refractivity contribution is 6.42. The smallest absolute Gasteiger partial charge is 0.411 e. The standard InChI is InChI=1S/C13H16Cl2N2O2/c14-10-4-3-9(7-11(10)15)17-12(18)19-8-13(16)5-1-2-6-13/h3-4,7H,1-2,5-6,8,16H2,(H,17,18). The normalized spacial score (nSPS) is 17.2. The molecule has 1 amide bonds. The highest BCUT2D eigenvalue weighted by atomic mass is 35.5. The number of carbonyl (C=O) groups is 1. The van der Waals surface area contributed by atoms with Gasteiger partial charge in [0.05, 0.1) is 15.6 Å². The van der Waals surface area contributed by atoms with Gasteiger partial charge in [0.15, 0.2) is 0 Å². The Labute approximate surface area is 122 Å². The summed E-state index contributed by atoms with van der Waals surface area (Å²) < 4.78 is 5.15. The molecule has 1 aliphatic carbocycles. The number of halogens is 2. The van der Waals surface area contributed by atoms with E-state index in [0.717, 1.165) is 25.7 Å². The zero-order chi connectivity index (χ0) is 13.9. The number of ether oxygens (including phenoxy) is 1. The third-order valence-electron chi connectivity index (χ3n) is 3.26. The molecule has 0 radical (unpaired) electrons. The minimum Gasteiger partial charge on any atom is -0.447 e. The van der Waals surface area contributed by atoms with Gasteiger partial charge >= 0.3 is 6.09 Å². The van der Waals surface area contributed by atoms with Crippen LogP contribution in [0, 0.1) is 0 Å². The molecule has 3 N–H and O–H groups in total. The molecular weight excluding hydrogens is 287 g/mol. The topological polar surface area (TPSA) is 64.3 Å². The molecule has 1 aliphatic rings. The molecule has 1 saturated carbocycles. The Morgan fingerprint density at radius 1 is 1.32 bits per heavy atom. The third kappa shape index (κ3) is 4.00. The number of nitrogens with one attached hydrogen (secondary N) is 1. The first-order valence-corrected chi connectivity index (χ1v) is 6.92. The van der Waals surface area contributed by atoms with Crippen LogP contribution in [0.2, 0.25) is 10.0 Å². The molecule has 0 bridgehead atoms. The monoisotopic (exact) mass is 302 g/mol. The maximum Gasteiger partial charge on any atom is 0.411 e. The van der Waals surface area contributed by atoms with Gasteiger partial charge in [0.25, 0.3) is 0 Å². The third-order valence-corrected chi connectivity index (χ3v) is 4.00. The van der Waals surface area contributed by atoms with Crippen LogP contribution in [-0.4, -0.2) is 18.2 Å². The van der Waals surface area contributed by atoms with Crippen molar-refractivity contribution in [2.45, 2.75) is 31.2 Å². The van der Waals surface area contributed by atoms with E-state index in [2.05, 4.69) is 5.32 Å². The van der Waals surface area contributed by atoms with Crippen LogP contribution in [-0.2, 0) is 4.74 Å². The average Bonchev–Trinajstić information content (AvgIpc) is 2.79. The number of hydrogen-bond acceptors (Lipinski definition) is 3. The van der Waals surface area contributed by atoms with Crippen LogP contribution in [0.1, 0.15) is 25.7 Å². The minimum atomic E-state index is -0.532. The summed E-state index contributed by atoms with van der Waals surface area (Å²) in [5, 5.41) is 3.41. The first-order chi connectivity index (χ1) is 8.98. The first-order valence-electron chi connectivity index (χ1n) is 6.16. The lowest BCUT2D eigenvalue weighted by Gasteiger charge is -2.22. The van der Waals surface area contributed by atoms with Crippen molar-refractivity contribution in [1.29, 1.82) is 0 Å². The van der Waals surface area contributed by atoms with E-state index in [4.69, 9.17) is 33.7 Å². The molecule has 0 saturated heterocycles. The Balaban J connectivity index is 1.85. The molecule has 4 nitrogen and oxygen atoms in total. The van der Waals surface area contributed by atoms with Gasteiger partial charge in [0.2, 0.25) is 0 Å². The van der Waals surface area contributed by atoms with Crippen LogP contribution in [0.5, 0.6) is 0 Å². The molecule has 0 aromatic heterocycles. The van der Waals surface area contributed by atoms with Crippen molar-refractivity contribution in [3.05, 3.63) is 28.2 Å². The van der Waals surface area contributed by atoms with Crippen molar-refractivity contribution in [1.82, 2.24) is 0 Å². The Kier molecular flexibility index (Phi) is 4.55. The van der Waals surface area contributed by atoms with Gasteiger partial charge in [-0.25, -0.2) is 4.79 Å². The maximum absolute atomic E-state index is 11.6. The summed E-state index contributed by atoms with van der Waals surface area (Å²) in [6, 6.07) is 4.84. The van der Waals surface area contributed by atoms with Crippen LogP contribution in [0.3, 0.4) is 0 Å². The van der Waals surface area contributed by atoms with Gasteiger partial charge in [-0.1, -0.05) is 36.0 Å². The molecule has 19 heavy (non-hydrogen) atoms. The van der Waals surface area contributed by atoms with Gasteiger partial charge in [0.1, 0.15) is 6.61 Å². The Hall–Kier alpha value is -0.970. The zero-order valence-corrected chi connectivity index (χ0v) is 11.9. The van der Waals surface area contributed by atoms with Gasteiger partial charge < -0.3 is 10.5 Å². The number of anilines is 1. The van der Waals surface area contributed by atoms with E-state index in [-0.39, 0.29) is 12.1 Å². The predicted molar refractivity (Wildman–Crippen MR) is 76.8 cm³/mol. The van der Waals surface area contributed by atoms with Crippen LogP contribution in [0.25, 0.3) is 0 Å². The summed E-state index contributed by atoms with van der Waals surface area (Å²) in [6.45, 7) is 0.236. The zero-order valence-electron chi connectivity index (χ0n) is 10.4. The highest BCUT2D eigenvalue weighted by Gasteiger charge is 2.30. The van der Waals surface area contributed by atoms with E-state index >= 15 is 0 Å². The summed E-state index contributed by atoms with van der Waals surface area (Å²) in [5.41, 5.74) is 6.27. The predicted octanol–water partition coefficient (Wildman–Crippen LogP) is 3.81. The number of carbonyl (C=O) groups excluding carboxylic acids is 1. The molecular formula is C13H16Cl2N2O2. The number of hydrogen-bond donors (Lipinski definition) is 2. The van der Waals surface area contributed by atoms with E-state index in [1.54, 1.807) is 18.2 Å². The molecule has 0 atom stereocenters. The highest BCUT2D eigenvalue weighted by Crippen LogP contribution is 2.28. The Bertz CT molecular complexity index is 474. The largest absolute Gasteiger partial charge is 0.447 e. The molecule has 6 heteroatoms. The van der Waals surface area contributed by atoms with E-state index in [1.165, 1.54) is 0 Å². The maximum atomic E-state index is 11.6. The van der Waals surface area contributed by atoms with E-state index in [0.29, 0.717) is 15.7 Å². The first kappa shape index (κ1) is 14.4. The molecule has 0 unspecified atom stereocenters. The quantitative estimate of drug-likeness (QED) is 0.892. The van der Waals surface area contributed by atoms with E-state index in [9.17, 15) is 4.79 Å². The second-order valence-corrected chi connectivity index (χ2v) is 5.71. The number of nitrogens with two attached hydrogens (primary N) is 1. The van der Waals surface area contributed by atoms with E-state index in [1.807, 2.05) is 0 Å². The number of amides is 1. The fourth-order valence-corrected chi connectivity index (χ4v) is 2.46. The van der Waals surface area contributed by atoms with Crippen molar-refractivity contribution < 1.29 is 9.53 Å². The van der Waals surface area contributed by atoms with Crippen molar-refractivity contribution in [3.8, 4) is 0 Å².